The molecule has 0 unspecified atom stereocenters. The predicted molar refractivity (Wildman–Crippen MR) is 87.2 cm³/mol. The molecular formula is C16H24ClN3O2. The highest BCUT2D eigenvalue weighted by atomic mass is 35.5. The molecule has 1 aromatic heterocycles. The smallest absolute Gasteiger partial charge is 0.252 e. The maximum Gasteiger partial charge on any atom is 0.252 e. The SMILES string of the molecule is C[C@@H]1CN(C(C)(C)CNC(=O)c2ccc(Cl)nc2)C[C@H](C)O1. The zero-order valence-electron chi connectivity index (χ0n) is 13.6. The molecule has 1 fully saturated rings. The number of carbonyl (C=O) groups is 1. The van der Waals surface area contributed by atoms with Crippen LogP contribution in [0.15, 0.2) is 18.3 Å². The van der Waals surface area contributed by atoms with Gasteiger partial charge in [0.1, 0.15) is 5.15 Å². The molecule has 0 radical (unpaired) electrons. The Balaban J connectivity index is 1.94. The monoisotopic (exact) mass is 325 g/mol. The Morgan fingerprint density at radius 1 is 1.41 bits per heavy atom. The quantitative estimate of drug-likeness (QED) is 0.863. The molecule has 22 heavy (non-hydrogen) atoms. The molecule has 0 saturated carbocycles. The molecule has 1 saturated heterocycles. The van der Waals surface area contributed by atoms with E-state index in [1.807, 2.05) is 0 Å². The number of rotatable bonds is 4. The van der Waals surface area contributed by atoms with E-state index in [4.69, 9.17) is 16.3 Å². The van der Waals surface area contributed by atoms with E-state index >= 15 is 0 Å². The summed E-state index contributed by atoms with van der Waals surface area (Å²) in [6.07, 6.45) is 1.90. The summed E-state index contributed by atoms with van der Waals surface area (Å²) in [6.45, 7) is 10.7. The van der Waals surface area contributed by atoms with Crippen molar-refractivity contribution in [2.75, 3.05) is 19.6 Å². The highest BCUT2D eigenvalue weighted by Crippen LogP contribution is 2.20. The first-order valence-corrected chi connectivity index (χ1v) is 7.96. The number of aromatic nitrogens is 1. The number of hydrogen-bond donors (Lipinski definition) is 1. The molecule has 1 amide bonds. The molecule has 2 atom stereocenters. The second-order valence-corrected chi connectivity index (χ2v) is 6.91. The van der Waals surface area contributed by atoms with Crippen molar-refractivity contribution in [1.82, 2.24) is 15.2 Å². The van der Waals surface area contributed by atoms with Crippen molar-refractivity contribution >= 4 is 17.5 Å². The number of pyridine rings is 1. The number of carbonyl (C=O) groups excluding carboxylic acids is 1. The van der Waals surface area contributed by atoms with Crippen molar-refractivity contribution in [3.63, 3.8) is 0 Å². The summed E-state index contributed by atoms with van der Waals surface area (Å²) >= 11 is 5.73. The molecule has 5 nitrogen and oxygen atoms in total. The van der Waals surface area contributed by atoms with Crippen LogP contribution in [-0.2, 0) is 4.74 Å². The molecule has 0 bridgehead atoms. The fourth-order valence-electron chi connectivity index (χ4n) is 2.69. The Bertz CT molecular complexity index is 509. The lowest BCUT2D eigenvalue weighted by Crippen LogP contribution is -2.58. The normalized spacial score (nSPS) is 23.3. The molecule has 0 aromatic carbocycles. The highest BCUT2D eigenvalue weighted by molar-refractivity contribution is 6.29. The van der Waals surface area contributed by atoms with Crippen molar-refractivity contribution in [2.24, 2.45) is 0 Å². The summed E-state index contributed by atoms with van der Waals surface area (Å²) in [6, 6.07) is 3.30. The lowest BCUT2D eigenvalue weighted by atomic mass is 10.00. The largest absolute Gasteiger partial charge is 0.373 e. The molecule has 1 aliphatic rings. The lowest BCUT2D eigenvalue weighted by molar-refractivity contribution is -0.0948. The summed E-state index contributed by atoms with van der Waals surface area (Å²) < 4.78 is 5.77. The third-order valence-electron chi connectivity index (χ3n) is 3.95. The first-order chi connectivity index (χ1) is 10.3. The lowest BCUT2D eigenvalue weighted by Gasteiger charge is -2.45. The molecule has 0 aliphatic carbocycles. The first-order valence-electron chi connectivity index (χ1n) is 7.58. The molecule has 2 rings (SSSR count). The standard InChI is InChI=1S/C16H24ClN3O2/c1-11-8-20(9-12(2)22-11)16(3,4)10-19-15(21)13-5-6-14(17)18-7-13/h5-7,11-12H,8-10H2,1-4H3,(H,19,21)/t11-,12+. The van der Waals surface area contributed by atoms with Crippen LogP contribution in [0.3, 0.4) is 0 Å². The van der Waals surface area contributed by atoms with Gasteiger partial charge < -0.3 is 10.1 Å². The second kappa shape index (κ2) is 6.94. The maximum atomic E-state index is 12.2. The summed E-state index contributed by atoms with van der Waals surface area (Å²) in [5.41, 5.74) is 0.380. The Kier molecular flexibility index (Phi) is 5.42. The molecule has 2 heterocycles. The van der Waals surface area contributed by atoms with Crippen LogP contribution in [0.1, 0.15) is 38.1 Å². The van der Waals surface area contributed by atoms with Crippen molar-refractivity contribution < 1.29 is 9.53 Å². The molecule has 1 aromatic rings. The van der Waals surface area contributed by atoms with Gasteiger partial charge in [-0.3, -0.25) is 9.69 Å². The number of nitrogens with zero attached hydrogens (tertiary/aromatic N) is 2. The zero-order chi connectivity index (χ0) is 16.3. The molecule has 1 N–H and O–H groups in total. The van der Waals surface area contributed by atoms with Crippen LogP contribution in [0.4, 0.5) is 0 Å². The summed E-state index contributed by atoms with van der Waals surface area (Å²) in [7, 11) is 0. The van der Waals surface area contributed by atoms with Crippen LogP contribution in [0.25, 0.3) is 0 Å². The fraction of sp³-hybridized carbons (Fsp3) is 0.625. The van der Waals surface area contributed by atoms with E-state index in [1.54, 1.807) is 12.1 Å². The Labute approximate surface area is 137 Å². The van der Waals surface area contributed by atoms with Gasteiger partial charge in [-0.25, -0.2) is 4.98 Å². The van der Waals surface area contributed by atoms with Crippen LogP contribution in [-0.4, -0.2) is 53.2 Å². The van der Waals surface area contributed by atoms with E-state index in [0.29, 0.717) is 17.3 Å². The van der Waals surface area contributed by atoms with Crippen molar-refractivity contribution in [3.05, 3.63) is 29.0 Å². The van der Waals surface area contributed by atoms with E-state index < -0.39 is 0 Å². The number of ether oxygens (including phenoxy) is 1. The minimum Gasteiger partial charge on any atom is -0.373 e. The number of nitrogens with one attached hydrogen (secondary N) is 1. The third kappa shape index (κ3) is 4.41. The van der Waals surface area contributed by atoms with Crippen LogP contribution < -0.4 is 5.32 Å². The molecular weight excluding hydrogens is 302 g/mol. The number of amides is 1. The number of morpholine rings is 1. The van der Waals surface area contributed by atoms with Gasteiger partial charge in [-0.2, -0.15) is 0 Å². The summed E-state index contributed by atoms with van der Waals surface area (Å²) in [5, 5.41) is 3.36. The Morgan fingerprint density at radius 2 is 2.05 bits per heavy atom. The zero-order valence-corrected chi connectivity index (χ0v) is 14.4. The summed E-state index contributed by atoms with van der Waals surface area (Å²) in [5.74, 6) is -0.133. The van der Waals surface area contributed by atoms with Crippen LogP contribution in [0.2, 0.25) is 5.15 Å². The van der Waals surface area contributed by atoms with E-state index in [1.165, 1.54) is 6.20 Å². The molecule has 1 aliphatic heterocycles. The van der Waals surface area contributed by atoms with Gasteiger partial charge in [-0.15, -0.1) is 0 Å². The average molecular weight is 326 g/mol. The molecule has 6 heteroatoms. The topological polar surface area (TPSA) is 54.5 Å². The minimum atomic E-state index is -0.137. The van der Waals surface area contributed by atoms with Crippen LogP contribution >= 0.6 is 11.6 Å². The summed E-state index contributed by atoms with van der Waals surface area (Å²) in [4.78, 5) is 18.5. The molecule has 122 valence electrons. The van der Waals surface area contributed by atoms with E-state index in [2.05, 4.69) is 42.9 Å². The van der Waals surface area contributed by atoms with E-state index in [-0.39, 0.29) is 23.7 Å². The maximum absolute atomic E-state index is 12.2. The van der Waals surface area contributed by atoms with Gasteiger partial charge in [0.05, 0.1) is 17.8 Å². The minimum absolute atomic E-state index is 0.133. The van der Waals surface area contributed by atoms with E-state index in [0.717, 1.165) is 13.1 Å². The van der Waals surface area contributed by atoms with Gasteiger partial charge in [-0.05, 0) is 39.8 Å². The fourth-order valence-corrected chi connectivity index (χ4v) is 2.80. The van der Waals surface area contributed by atoms with Gasteiger partial charge in [0.2, 0.25) is 0 Å². The third-order valence-corrected chi connectivity index (χ3v) is 4.17. The van der Waals surface area contributed by atoms with Crippen LogP contribution in [0, 0.1) is 0 Å². The Morgan fingerprint density at radius 3 is 2.59 bits per heavy atom. The number of hydrogen-bond acceptors (Lipinski definition) is 4. The van der Waals surface area contributed by atoms with Gasteiger partial charge in [-0.1, -0.05) is 11.6 Å². The second-order valence-electron chi connectivity index (χ2n) is 6.53. The average Bonchev–Trinajstić information content (AvgIpc) is 2.44. The van der Waals surface area contributed by atoms with Gasteiger partial charge in [0, 0.05) is 31.4 Å². The van der Waals surface area contributed by atoms with Gasteiger partial charge in [0.15, 0.2) is 0 Å². The van der Waals surface area contributed by atoms with Crippen molar-refractivity contribution in [3.8, 4) is 0 Å². The first kappa shape index (κ1) is 17.2. The van der Waals surface area contributed by atoms with Gasteiger partial charge >= 0.3 is 0 Å². The van der Waals surface area contributed by atoms with E-state index in [9.17, 15) is 4.79 Å². The predicted octanol–water partition coefficient (Wildman–Crippen LogP) is 2.35. The van der Waals surface area contributed by atoms with Crippen LogP contribution in [0.5, 0.6) is 0 Å². The van der Waals surface area contributed by atoms with Crippen molar-refractivity contribution in [1.29, 1.82) is 0 Å². The molecule has 0 spiro atoms. The highest BCUT2D eigenvalue weighted by Gasteiger charge is 2.33. The van der Waals surface area contributed by atoms with Crippen molar-refractivity contribution in [2.45, 2.75) is 45.4 Å². The van der Waals surface area contributed by atoms with Gasteiger partial charge in [0.25, 0.3) is 5.91 Å². The number of halogens is 1. The Hall–Kier alpha value is -1.17.